The third-order valence-electron chi connectivity index (χ3n) is 1.85. The molecular formula is C8H8S4. The smallest absolute Gasteiger partial charge is 0.128 e. The molecule has 0 unspecified atom stereocenters. The minimum absolute atomic E-state index is 1.06. The fraction of sp³-hybridized carbons (Fsp3) is 0.375. The zero-order chi connectivity index (χ0) is 8.72. The Morgan fingerprint density at radius 1 is 1.25 bits per heavy atom. The van der Waals surface area contributed by atoms with Crippen molar-refractivity contribution >= 4 is 54.9 Å². The molecule has 0 aliphatic heterocycles. The second-order valence-electron chi connectivity index (χ2n) is 2.56. The number of fused-ring (bicyclic) bond motifs is 1. The van der Waals surface area contributed by atoms with Crippen LogP contribution < -0.4 is 0 Å². The molecule has 0 saturated carbocycles. The van der Waals surface area contributed by atoms with Crippen LogP contribution in [0.2, 0.25) is 0 Å². The van der Waals surface area contributed by atoms with Crippen LogP contribution in [-0.4, -0.2) is 0 Å². The van der Waals surface area contributed by atoms with Crippen LogP contribution >= 0.6 is 46.2 Å². The van der Waals surface area contributed by atoms with Gasteiger partial charge in [0.25, 0.3) is 0 Å². The van der Waals surface area contributed by atoms with Gasteiger partial charge in [-0.1, -0.05) is 19.1 Å². The highest BCUT2D eigenvalue weighted by Crippen LogP contribution is 2.39. The standard InChI is InChI=1S/C8H8S4/c1-3-5-4(2)10-7-6(5)11-8(9)12-7/h3H2,1-2H3. The Morgan fingerprint density at radius 2 is 2.00 bits per heavy atom. The highest BCUT2D eigenvalue weighted by atomic mass is 32.2. The molecule has 2 rings (SSSR count). The lowest BCUT2D eigenvalue weighted by molar-refractivity contribution is 1.15. The van der Waals surface area contributed by atoms with E-state index in [1.54, 1.807) is 22.7 Å². The van der Waals surface area contributed by atoms with Crippen molar-refractivity contribution in [2.45, 2.75) is 20.3 Å². The van der Waals surface area contributed by atoms with E-state index in [0.29, 0.717) is 0 Å². The van der Waals surface area contributed by atoms with Gasteiger partial charge in [-0.05, 0) is 18.9 Å². The van der Waals surface area contributed by atoms with Crippen LogP contribution in [0, 0.1) is 10.1 Å². The average Bonchev–Trinajstić information content (AvgIpc) is 2.43. The van der Waals surface area contributed by atoms with Gasteiger partial charge in [0, 0.05) is 4.88 Å². The van der Waals surface area contributed by atoms with Gasteiger partial charge in [0.15, 0.2) is 0 Å². The first-order valence-corrected chi connectivity index (χ1v) is 6.60. The monoisotopic (exact) mass is 232 g/mol. The molecule has 0 fully saturated rings. The summed E-state index contributed by atoms with van der Waals surface area (Å²) < 4.78 is 3.92. The molecule has 12 heavy (non-hydrogen) atoms. The topological polar surface area (TPSA) is 0 Å². The van der Waals surface area contributed by atoms with E-state index in [1.807, 2.05) is 11.3 Å². The van der Waals surface area contributed by atoms with Crippen LogP contribution in [0.5, 0.6) is 0 Å². The third kappa shape index (κ3) is 1.27. The average molecular weight is 232 g/mol. The normalized spacial score (nSPS) is 11.2. The molecule has 0 aliphatic rings. The molecule has 0 atom stereocenters. The zero-order valence-electron chi connectivity index (χ0n) is 6.84. The first-order chi connectivity index (χ1) is 5.72. The van der Waals surface area contributed by atoms with E-state index in [1.165, 1.54) is 19.2 Å². The largest absolute Gasteiger partial charge is 0.145 e. The van der Waals surface area contributed by atoms with Crippen LogP contribution in [-0.2, 0) is 6.42 Å². The van der Waals surface area contributed by atoms with Gasteiger partial charge in [-0.3, -0.25) is 0 Å². The Labute approximate surface area is 88.5 Å². The molecule has 0 aliphatic carbocycles. The summed E-state index contributed by atoms with van der Waals surface area (Å²) in [5.74, 6) is 0. The molecule has 0 spiro atoms. The molecule has 0 nitrogen and oxygen atoms in total. The fourth-order valence-electron chi connectivity index (χ4n) is 1.29. The van der Waals surface area contributed by atoms with E-state index in [9.17, 15) is 0 Å². The Kier molecular flexibility index (Phi) is 2.33. The minimum Gasteiger partial charge on any atom is -0.128 e. The lowest BCUT2D eigenvalue weighted by Gasteiger charge is -1.90. The van der Waals surface area contributed by atoms with Crippen molar-refractivity contribution in [3.05, 3.63) is 13.6 Å². The molecular weight excluding hydrogens is 224 g/mol. The molecule has 0 amide bonds. The number of aryl methyl sites for hydroxylation is 2. The Bertz CT molecular complexity index is 457. The first kappa shape index (κ1) is 8.81. The van der Waals surface area contributed by atoms with Crippen molar-refractivity contribution < 1.29 is 0 Å². The Morgan fingerprint density at radius 3 is 2.67 bits per heavy atom. The lowest BCUT2D eigenvalue weighted by atomic mass is 10.2. The van der Waals surface area contributed by atoms with Gasteiger partial charge < -0.3 is 0 Å². The predicted octanol–water partition coefficient (Wildman–Crippen LogP) is 4.62. The number of thiophene rings is 1. The van der Waals surface area contributed by atoms with Crippen molar-refractivity contribution in [3.63, 3.8) is 0 Å². The lowest BCUT2D eigenvalue weighted by Crippen LogP contribution is -1.75. The van der Waals surface area contributed by atoms with Crippen molar-refractivity contribution in [3.8, 4) is 0 Å². The van der Waals surface area contributed by atoms with Gasteiger partial charge in [0.2, 0.25) is 0 Å². The molecule has 64 valence electrons. The first-order valence-electron chi connectivity index (χ1n) is 3.74. The third-order valence-corrected chi connectivity index (χ3v) is 5.92. The molecule has 2 heterocycles. The fourth-order valence-corrected chi connectivity index (χ4v) is 6.03. The molecule has 4 heteroatoms. The summed E-state index contributed by atoms with van der Waals surface area (Å²) in [5, 5.41) is 0. The summed E-state index contributed by atoms with van der Waals surface area (Å²) in [6, 6.07) is 0. The summed E-state index contributed by atoms with van der Waals surface area (Å²) in [7, 11) is 0. The van der Waals surface area contributed by atoms with Crippen LogP contribution in [0.25, 0.3) is 8.71 Å². The highest BCUT2D eigenvalue weighted by Gasteiger charge is 2.09. The molecule has 0 bridgehead atoms. The van der Waals surface area contributed by atoms with Crippen molar-refractivity contribution in [1.82, 2.24) is 0 Å². The van der Waals surface area contributed by atoms with Crippen molar-refractivity contribution in [2.75, 3.05) is 0 Å². The maximum absolute atomic E-state index is 5.16. The SMILES string of the molecule is CCc1c(C)sc2sc(=S)sc12. The van der Waals surface area contributed by atoms with E-state index in [0.717, 1.165) is 9.56 Å². The van der Waals surface area contributed by atoms with E-state index in [-0.39, 0.29) is 0 Å². The molecule has 0 saturated heterocycles. The number of rotatable bonds is 1. The summed E-state index contributed by atoms with van der Waals surface area (Å²) in [6.45, 7) is 4.41. The van der Waals surface area contributed by atoms with Crippen molar-refractivity contribution in [1.29, 1.82) is 0 Å². The molecule has 2 aromatic heterocycles. The van der Waals surface area contributed by atoms with Crippen LogP contribution in [0.15, 0.2) is 0 Å². The van der Waals surface area contributed by atoms with E-state index < -0.39 is 0 Å². The van der Waals surface area contributed by atoms with Gasteiger partial charge in [0.1, 0.15) is 3.14 Å². The van der Waals surface area contributed by atoms with Gasteiger partial charge in [-0.15, -0.1) is 34.0 Å². The highest BCUT2D eigenvalue weighted by molar-refractivity contribution is 7.77. The summed E-state index contributed by atoms with van der Waals surface area (Å²) >= 11 is 10.6. The maximum Gasteiger partial charge on any atom is 0.145 e. The minimum atomic E-state index is 1.06. The van der Waals surface area contributed by atoms with Gasteiger partial charge in [-0.2, -0.15) is 0 Å². The van der Waals surface area contributed by atoms with E-state index in [4.69, 9.17) is 12.2 Å². The van der Waals surface area contributed by atoms with E-state index >= 15 is 0 Å². The van der Waals surface area contributed by atoms with Crippen LogP contribution in [0.4, 0.5) is 0 Å². The summed E-state index contributed by atoms with van der Waals surface area (Å²) in [4.78, 5) is 1.46. The van der Waals surface area contributed by atoms with Crippen molar-refractivity contribution in [2.24, 2.45) is 0 Å². The molecule has 0 radical (unpaired) electrons. The molecule has 0 N–H and O–H groups in total. The zero-order valence-corrected chi connectivity index (χ0v) is 10.1. The van der Waals surface area contributed by atoms with Crippen LogP contribution in [0.3, 0.4) is 0 Å². The van der Waals surface area contributed by atoms with E-state index in [2.05, 4.69) is 13.8 Å². The van der Waals surface area contributed by atoms with Gasteiger partial charge in [0.05, 0.1) is 8.71 Å². The maximum atomic E-state index is 5.16. The number of hydrogen-bond acceptors (Lipinski definition) is 4. The quantitative estimate of drug-likeness (QED) is 0.646. The number of hydrogen-bond donors (Lipinski definition) is 0. The van der Waals surface area contributed by atoms with Crippen LogP contribution in [0.1, 0.15) is 17.4 Å². The summed E-state index contributed by atoms with van der Waals surface area (Å²) in [6.07, 6.45) is 1.13. The van der Waals surface area contributed by atoms with Gasteiger partial charge in [-0.25, -0.2) is 0 Å². The summed E-state index contributed by atoms with van der Waals surface area (Å²) in [5.41, 5.74) is 1.51. The molecule has 2 aromatic rings. The predicted molar refractivity (Wildman–Crippen MR) is 62.5 cm³/mol. The molecule has 0 aromatic carbocycles. The Hall–Kier alpha value is 0.230. The second-order valence-corrected chi connectivity index (χ2v) is 7.27. The Balaban J connectivity index is 2.86. The second kappa shape index (κ2) is 3.18. The van der Waals surface area contributed by atoms with Gasteiger partial charge >= 0.3 is 0 Å².